The van der Waals surface area contributed by atoms with Crippen molar-refractivity contribution in [3.63, 3.8) is 0 Å². The second-order valence-corrected chi connectivity index (χ2v) is 6.10. The number of aromatic nitrogens is 1. The fraction of sp³-hybridized carbons (Fsp3) is 0.688. The molecule has 2 fully saturated rings. The maximum Gasteiger partial charge on any atom is 0.0572 e. The molecule has 0 amide bonds. The number of nitrogens with one attached hydrogen (secondary N) is 1. The average molecular weight is 259 g/mol. The first-order chi connectivity index (χ1) is 9.28. The van der Waals surface area contributed by atoms with Gasteiger partial charge in [0.05, 0.1) is 17.6 Å². The largest absolute Gasteiger partial charge is 0.367 e. The summed E-state index contributed by atoms with van der Waals surface area (Å²) in [5, 5.41) is 3.49. The van der Waals surface area contributed by atoms with Crippen LogP contribution in [0.25, 0.3) is 0 Å². The van der Waals surface area contributed by atoms with E-state index in [4.69, 9.17) is 0 Å². The number of hydrogen-bond acceptors (Lipinski definition) is 3. The molecule has 19 heavy (non-hydrogen) atoms. The predicted octanol–water partition coefficient (Wildman–Crippen LogP) is 3.13. The molecule has 3 unspecified atom stereocenters. The number of nitrogens with zero attached hydrogens (tertiary/aromatic N) is 2. The lowest BCUT2D eigenvalue weighted by Crippen LogP contribution is -2.32. The smallest absolute Gasteiger partial charge is 0.0572 e. The van der Waals surface area contributed by atoms with Gasteiger partial charge >= 0.3 is 0 Å². The van der Waals surface area contributed by atoms with Crippen LogP contribution in [0.2, 0.25) is 0 Å². The van der Waals surface area contributed by atoms with Crippen LogP contribution in [0, 0.1) is 5.92 Å². The maximum atomic E-state index is 4.66. The van der Waals surface area contributed by atoms with Gasteiger partial charge in [-0.05, 0) is 57.2 Å². The molecule has 3 rings (SSSR count). The summed E-state index contributed by atoms with van der Waals surface area (Å²) in [5.41, 5.74) is 2.47. The first-order valence-electron chi connectivity index (χ1n) is 7.74. The third-order valence-electron chi connectivity index (χ3n) is 4.66. The molecule has 1 N–H and O–H groups in total. The number of anilines is 1. The minimum Gasteiger partial charge on any atom is -0.367 e. The molecule has 2 aliphatic rings. The molecule has 1 saturated carbocycles. The Morgan fingerprint density at radius 3 is 2.89 bits per heavy atom. The molecule has 104 valence electrons. The molecule has 0 aromatic carbocycles. The van der Waals surface area contributed by atoms with Crippen molar-refractivity contribution in [2.75, 3.05) is 18.0 Å². The quantitative estimate of drug-likeness (QED) is 0.880. The van der Waals surface area contributed by atoms with E-state index in [2.05, 4.69) is 47.4 Å². The minimum absolute atomic E-state index is 0.351. The van der Waals surface area contributed by atoms with Gasteiger partial charge in [0.25, 0.3) is 0 Å². The Morgan fingerprint density at radius 1 is 1.42 bits per heavy atom. The highest BCUT2D eigenvalue weighted by Gasteiger charge is 2.37. The first kappa shape index (κ1) is 12.9. The van der Waals surface area contributed by atoms with E-state index in [1.54, 1.807) is 0 Å². The Hall–Kier alpha value is -1.09. The Labute approximate surface area is 116 Å². The summed E-state index contributed by atoms with van der Waals surface area (Å²) in [6.07, 6.45) is 7.45. The average Bonchev–Trinajstić information content (AvgIpc) is 3.07. The normalized spacial score (nSPS) is 26.9. The monoisotopic (exact) mass is 259 g/mol. The fourth-order valence-electron chi connectivity index (χ4n) is 3.53. The number of pyridine rings is 1. The highest BCUT2D eigenvalue weighted by Crippen LogP contribution is 2.39. The van der Waals surface area contributed by atoms with E-state index < -0.39 is 0 Å². The van der Waals surface area contributed by atoms with Crippen molar-refractivity contribution >= 4 is 5.69 Å². The molecule has 1 aromatic rings. The van der Waals surface area contributed by atoms with Crippen molar-refractivity contribution in [3.8, 4) is 0 Å². The van der Waals surface area contributed by atoms with Crippen molar-refractivity contribution < 1.29 is 0 Å². The van der Waals surface area contributed by atoms with Crippen molar-refractivity contribution in [3.05, 3.63) is 24.0 Å². The number of hydrogen-bond donors (Lipinski definition) is 1. The zero-order valence-corrected chi connectivity index (χ0v) is 12.1. The van der Waals surface area contributed by atoms with E-state index in [1.807, 2.05) is 0 Å². The van der Waals surface area contributed by atoms with E-state index in [9.17, 15) is 0 Å². The molecular weight excluding hydrogens is 234 g/mol. The van der Waals surface area contributed by atoms with Gasteiger partial charge in [0.15, 0.2) is 0 Å². The van der Waals surface area contributed by atoms with Gasteiger partial charge in [-0.25, -0.2) is 0 Å². The van der Waals surface area contributed by atoms with Gasteiger partial charge in [-0.3, -0.25) is 4.98 Å². The maximum absolute atomic E-state index is 4.66. The molecule has 0 spiro atoms. The molecule has 1 saturated heterocycles. The Morgan fingerprint density at radius 2 is 2.32 bits per heavy atom. The summed E-state index contributed by atoms with van der Waals surface area (Å²) in [6.45, 7) is 6.68. The van der Waals surface area contributed by atoms with Crippen LogP contribution < -0.4 is 10.2 Å². The van der Waals surface area contributed by atoms with E-state index >= 15 is 0 Å². The van der Waals surface area contributed by atoms with Crippen LogP contribution in [0.15, 0.2) is 18.3 Å². The zero-order chi connectivity index (χ0) is 13.2. The molecule has 1 aliphatic carbocycles. The molecule has 1 aromatic heterocycles. The van der Waals surface area contributed by atoms with Crippen LogP contribution in [-0.4, -0.2) is 24.1 Å². The van der Waals surface area contributed by atoms with Crippen molar-refractivity contribution in [1.29, 1.82) is 0 Å². The van der Waals surface area contributed by atoms with Crippen LogP contribution in [0.1, 0.15) is 51.3 Å². The standard InChI is InChI=1S/C16H25N3/c1-3-8-17-12(2)16-7-6-15(10-18-16)19-11-13-4-5-14(19)9-13/h6-7,10,12-14,17H,3-5,8-9,11H2,1-2H3. The Bertz CT molecular complexity index is 415. The molecule has 2 bridgehead atoms. The van der Waals surface area contributed by atoms with E-state index in [-0.39, 0.29) is 0 Å². The lowest BCUT2D eigenvalue weighted by molar-refractivity contribution is 0.549. The van der Waals surface area contributed by atoms with Crippen LogP contribution in [0.3, 0.4) is 0 Å². The van der Waals surface area contributed by atoms with E-state index in [0.717, 1.165) is 24.2 Å². The molecule has 3 heteroatoms. The van der Waals surface area contributed by atoms with Crippen molar-refractivity contribution in [2.24, 2.45) is 5.92 Å². The SMILES string of the molecule is CCCNC(C)c1ccc(N2CC3CCC2C3)cn1. The Kier molecular flexibility index (Phi) is 3.74. The highest BCUT2D eigenvalue weighted by molar-refractivity contribution is 5.48. The van der Waals surface area contributed by atoms with E-state index in [1.165, 1.54) is 37.9 Å². The summed E-state index contributed by atoms with van der Waals surface area (Å²) in [6, 6.07) is 5.58. The highest BCUT2D eigenvalue weighted by atomic mass is 15.2. The summed E-state index contributed by atoms with van der Waals surface area (Å²) >= 11 is 0. The summed E-state index contributed by atoms with van der Waals surface area (Å²) in [5.74, 6) is 0.940. The van der Waals surface area contributed by atoms with Crippen LogP contribution in [0.5, 0.6) is 0 Å². The number of rotatable bonds is 5. The second-order valence-electron chi connectivity index (χ2n) is 6.10. The lowest BCUT2D eigenvalue weighted by atomic mass is 10.1. The molecular formula is C16H25N3. The van der Waals surface area contributed by atoms with Crippen LogP contribution in [0.4, 0.5) is 5.69 Å². The Balaban J connectivity index is 1.65. The topological polar surface area (TPSA) is 28.2 Å². The van der Waals surface area contributed by atoms with Crippen molar-refractivity contribution in [2.45, 2.75) is 51.6 Å². The molecule has 3 nitrogen and oxygen atoms in total. The summed E-state index contributed by atoms with van der Waals surface area (Å²) in [7, 11) is 0. The van der Waals surface area contributed by atoms with E-state index in [0.29, 0.717) is 6.04 Å². The van der Waals surface area contributed by atoms with Gasteiger partial charge in [-0.1, -0.05) is 6.92 Å². The third-order valence-corrected chi connectivity index (χ3v) is 4.66. The molecule has 0 radical (unpaired) electrons. The number of fused-ring (bicyclic) bond motifs is 2. The van der Waals surface area contributed by atoms with Gasteiger partial charge < -0.3 is 10.2 Å². The van der Waals surface area contributed by atoms with Gasteiger partial charge in [0.1, 0.15) is 0 Å². The van der Waals surface area contributed by atoms with Crippen molar-refractivity contribution in [1.82, 2.24) is 10.3 Å². The molecule has 3 atom stereocenters. The number of piperidine rings is 1. The van der Waals surface area contributed by atoms with Gasteiger partial charge in [0, 0.05) is 18.6 Å². The van der Waals surface area contributed by atoms with Crippen LogP contribution in [-0.2, 0) is 0 Å². The summed E-state index contributed by atoms with van der Waals surface area (Å²) in [4.78, 5) is 7.22. The molecule has 1 aliphatic heterocycles. The van der Waals surface area contributed by atoms with Gasteiger partial charge in [-0.2, -0.15) is 0 Å². The zero-order valence-electron chi connectivity index (χ0n) is 12.1. The van der Waals surface area contributed by atoms with Gasteiger partial charge in [0.2, 0.25) is 0 Å². The lowest BCUT2D eigenvalue weighted by Gasteiger charge is -2.29. The molecule has 2 heterocycles. The second kappa shape index (κ2) is 5.49. The van der Waals surface area contributed by atoms with Gasteiger partial charge in [-0.15, -0.1) is 0 Å². The minimum atomic E-state index is 0.351. The van der Waals surface area contributed by atoms with Crippen LogP contribution >= 0.6 is 0 Å². The predicted molar refractivity (Wildman–Crippen MR) is 79.4 cm³/mol. The third kappa shape index (κ3) is 2.62. The first-order valence-corrected chi connectivity index (χ1v) is 7.74. The fourth-order valence-corrected chi connectivity index (χ4v) is 3.53. The summed E-state index contributed by atoms with van der Waals surface area (Å²) < 4.78 is 0.